The summed E-state index contributed by atoms with van der Waals surface area (Å²) < 4.78 is 7.18. The highest BCUT2D eigenvalue weighted by atomic mass is 16.5. The largest absolute Gasteiger partial charge is 0.487 e. The van der Waals surface area contributed by atoms with E-state index in [-0.39, 0.29) is 5.91 Å². The Morgan fingerprint density at radius 3 is 2.52 bits per heavy atom. The smallest absolute Gasteiger partial charge is 0.244 e. The van der Waals surface area contributed by atoms with E-state index in [0.29, 0.717) is 18.8 Å². The van der Waals surface area contributed by atoms with Gasteiger partial charge in [0.1, 0.15) is 24.1 Å². The fourth-order valence-corrected chi connectivity index (χ4v) is 2.30. The summed E-state index contributed by atoms with van der Waals surface area (Å²) in [6, 6.07) is 18.8. The summed E-state index contributed by atoms with van der Waals surface area (Å²) in [4.78, 5) is 12.3. The molecule has 0 aliphatic heterocycles. The second kappa shape index (κ2) is 8.10. The van der Waals surface area contributed by atoms with Crippen LogP contribution in [-0.4, -0.2) is 20.9 Å². The molecule has 128 valence electrons. The molecule has 1 amide bonds. The van der Waals surface area contributed by atoms with Crippen molar-refractivity contribution in [3.8, 4) is 5.75 Å². The van der Waals surface area contributed by atoms with Gasteiger partial charge in [-0.2, -0.15) is 0 Å². The van der Waals surface area contributed by atoms with Gasteiger partial charge in [0, 0.05) is 6.54 Å². The summed E-state index contributed by atoms with van der Waals surface area (Å²) in [5.74, 6) is 0.662. The van der Waals surface area contributed by atoms with Crippen molar-refractivity contribution in [1.82, 2.24) is 20.3 Å². The molecule has 0 unspecified atom stereocenters. The third kappa shape index (κ3) is 4.67. The molecule has 0 aliphatic carbocycles. The Bertz CT molecular complexity index is 803. The number of nitrogens with one attached hydrogen (secondary N) is 1. The molecule has 1 aromatic heterocycles. The highest BCUT2D eigenvalue weighted by Gasteiger charge is 2.16. The molecule has 1 N–H and O–H groups in total. The number of nitrogens with zero attached hydrogens (tertiary/aromatic N) is 3. The van der Waals surface area contributed by atoms with E-state index in [9.17, 15) is 4.79 Å². The molecule has 6 heteroatoms. The molecule has 2 aromatic carbocycles. The Morgan fingerprint density at radius 2 is 1.80 bits per heavy atom. The Morgan fingerprint density at radius 1 is 1.12 bits per heavy atom. The minimum atomic E-state index is -0.443. The Hall–Kier alpha value is -3.15. The number of rotatable bonds is 7. The number of ether oxygens (including phenoxy) is 1. The van der Waals surface area contributed by atoms with Gasteiger partial charge in [-0.3, -0.25) is 4.79 Å². The zero-order valence-corrected chi connectivity index (χ0v) is 14.0. The second-order valence-corrected chi connectivity index (χ2v) is 5.67. The predicted octanol–water partition coefficient (Wildman–Crippen LogP) is 2.73. The molecule has 0 aliphatic rings. The maximum absolute atomic E-state index is 12.3. The first-order valence-electron chi connectivity index (χ1n) is 8.12. The maximum Gasteiger partial charge on any atom is 0.244 e. The van der Waals surface area contributed by atoms with E-state index < -0.39 is 6.04 Å². The van der Waals surface area contributed by atoms with E-state index in [1.165, 1.54) is 0 Å². The summed E-state index contributed by atoms with van der Waals surface area (Å²) in [7, 11) is 0. The molecule has 0 spiro atoms. The predicted molar refractivity (Wildman–Crippen MR) is 93.8 cm³/mol. The summed E-state index contributed by atoms with van der Waals surface area (Å²) in [5, 5.41) is 11.0. The lowest BCUT2D eigenvalue weighted by Gasteiger charge is -2.12. The van der Waals surface area contributed by atoms with Gasteiger partial charge in [0.25, 0.3) is 0 Å². The molecule has 0 fully saturated rings. The molecule has 0 saturated carbocycles. The normalized spacial score (nSPS) is 11.7. The molecule has 3 aromatic rings. The van der Waals surface area contributed by atoms with Crippen LogP contribution >= 0.6 is 0 Å². The minimum absolute atomic E-state index is 0.107. The third-order valence-electron chi connectivity index (χ3n) is 3.77. The Labute approximate surface area is 146 Å². The van der Waals surface area contributed by atoms with E-state index in [1.54, 1.807) is 17.8 Å². The number of carbonyl (C=O) groups excluding carboxylic acids is 1. The summed E-state index contributed by atoms with van der Waals surface area (Å²) in [5.41, 5.74) is 1.73. The molecule has 0 radical (unpaired) electrons. The van der Waals surface area contributed by atoms with Gasteiger partial charge in [0.15, 0.2) is 0 Å². The van der Waals surface area contributed by atoms with Crippen LogP contribution < -0.4 is 10.1 Å². The maximum atomic E-state index is 12.3. The van der Waals surface area contributed by atoms with E-state index in [4.69, 9.17) is 4.74 Å². The average Bonchev–Trinajstić information content (AvgIpc) is 3.14. The van der Waals surface area contributed by atoms with Crippen LogP contribution in [0.1, 0.15) is 24.2 Å². The van der Waals surface area contributed by atoms with Crippen molar-refractivity contribution < 1.29 is 9.53 Å². The summed E-state index contributed by atoms with van der Waals surface area (Å²) in [6.07, 6.45) is 1.73. The van der Waals surface area contributed by atoms with Crippen molar-refractivity contribution in [2.24, 2.45) is 0 Å². The lowest BCUT2D eigenvalue weighted by Crippen LogP contribution is -2.30. The van der Waals surface area contributed by atoms with E-state index >= 15 is 0 Å². The summed E-state index contributed by atoms with van der Waals surface area (Å²) >= 11 is 0. The van der Waals surface area contributed by atoms with Gasteiger partial charge in [-0.1, -0.05) is 53.7 Å². The van der Waals surface area contributed by atoms with Gasteiger partial charge in [0.05, 0.1) is 6.20 Å². The van der Waals surface area contributed by atoms with Crippen LogP contribution in [0.3, 0.4) is 0 Å². The molecule has 3 rings (SSSR count). The van der Waals surface area contributed by atoms with Crippen LogP contribution in [0.2, 0.25) is 0 Å². The molecule has 1 heterocycles. The fraction of sp³-hybridized carbons (Fsp3) is 0.211. The van der Waals surface area contributed by atoms with Crippen LogP contribution in [0.4, 0.5) is 0 Å². The van der Waals surface area contributed by atoms with Crippen molar-refractivity contribution in [3.63, 3.8) is 0 Å². The van der Waals surface area contributed by atoms with Crippen LogP contribution in [-0.2, 0) is 17.9 Å². The zero-order chi connectivity index (χ0) is 17.5. The fourth-order valence-electron chi connectivity index (χ4n) is 2.30. The lowest BCUT2D eigenvalue weighted by atomic mass is 10.2. The van der Waals surface area contributed by atoms with Crippen LogP contribution in [0.15, 0.2) is 66.9 Å². The summed E-state index contributed by atoms with van der Waals surface area (Å²) in [6.45, 7) is 2.59. The Kier molecular flexibility index (Phi) is 5.41. The molecule has 25 heavy (non-hydrogen) atoms. The highest BCUT2D eigenvalue weighted by molar-refractivity contribution is 5.79. The Balaban J connectivity index is 1.52. The number of aromatic nitrogens is 3. The van der Waals surface area contributed by atoms with Crippen molar-refractivity contribution in [2.45, 2.75) is 26.1 Å². The van der Waals surface area contributed by atoms with Gasteiger partial charge in [-0.15, -0.1) is 5.10 Å². The lowest BCUT2D eigenvalue weighted by molar-refractivity contribution is -0.124. The molecule has 0 saturated heterocycles. The zero-order valence-electron chi connectivity index (χ0n) is 14.0. The van der Waals surface area contributed by atoms with Crippen molar-refractivity contribution in [2.75, 3.05) is 0 Å². The van der Waals surface area contributed by atoms with Crippen LogP contribution in [0, 0.1) is 0 Å². The topological polar surface area (TPSA) is 69.0 Å². The van der Waals surface area contributed by atoms with Gasteiger partial charge in [-0.25, -0.2) is 4.68 Å². The van der Waals surface area contributed by atoms with Crippen molar-refractivity contribution in [1.29, 1.82) is 0 Å². The van der Waals surface area contributed by atoms with Gasteiger partial charge in [0.2, 0.25) is 5.91 Å². The quantitative estimate of drug-likeness (QED) is 0.720. The molecular formula is C19H20N4O2. The molecular weight excluding hydrogens is 316 g/mol. The number of hydrogen-bond donors (Lipinski definition) is 1. The first-order chi connectivity index (χ1) is 12.2. The minimum Gasteiger partial charge on any atom is -0.487 e. The molecule has 0 bridgehead atoms. The van der Waals surface area contributed by atoms with Crippen molar-refractivity contribution in [3.05, 3.63) is 78.1 Å². The number of para-hydroxylation sites is 1. The van der Waals surface area contributed by atoms with Crippen molar-refractivity contribution >= 4 is 5.91 Å². The number of carbonyl (C=O) groups is 1. The van der Waals surface area contributed by atoms with E-state index in [0.717, 1.165) is 11.3 Å². The second-order valence-electron chi connectivity index (χ2n) is 5.67. The van der Waals surface area contributed by atoms with Gasteiger partial charge >= 0.3 is 0 Å². The van der Waals surface area contributed by atoms with Gasteiger partial charge < -0.3 is 10.1 Å². The molecule has 6 nitrogen and oxygen atoms in total. The van der Waals surface area contributed by atoms with E-state index in [2.05, 4.69) is 15.6 Å². The SMILES string of the molecule is C[C@H](C(=O)NCc1ccccc1)n1cc(COc2ccccc2)nn1. The first kappa shape index (κ1) is 16.7. The molecule has 1 atom stereocenters. The monoisotopic (exact) mass is 336 g/mol. The van der Waals surface area contributed by atoms with Crippen LogP contribution in [0.25, 0.3) is 0 Å². The van der Waals surface area contributed by atoms with E-state index in [1.807, 2.05) is 60.7 Å². The number of amides is 1. The standard InChI is InChI=1S/C19H20N4O2/c1-15(19(24)20-12-16-8-4-2-5-9-16)23-13-17(21-22-23)14-25-18-10-6-3-7-11-18/h2-11,13,15H,12,14H2,1H3,(H,20,24)/t15-/m1/s1. The van der Waals surface area contributed by atoms with Gasteiger partial charge in [-0.05, 0) is 24.6 Å². The highest BCUT2D eigenvalue weighted by Crippen LogP contribution is 2.11. The average molecular weight is 336 g/mol. The first-order valence-corrected chi connectivity index (χ1v) is 8.12. The number of benzene rings is 2. The number of hydrogen-bond acceptors (Lipinski definition) is 4. The van der Waals surface area contributed by atoms with Crippen LogP contribution in [0.5, 0.6) is 5.75 Å². The third-order valence-corrected chi connectivity index (χ3v) is 3.77.